The third-order valence-electron chi connectivity index (χ3n) is 5.05. The van der Waals surface area contributed by atoms with Gasteiger partial charge in [-0.3, -0.25) is 9.59 Å². The molecule has 0 saturated carbocycles. The monoisotopic (exact) mass is 288 g/mol. The number of cyclic esters (lactones) is 2. The molecule has 0 spiro atoms. The van der Waals surface area contributed by atoms with E-state index in [1.165, 1.54) is 5.56 Å². The number of hydrogen-bond acceptors (Lipinski definition) is 3. The fourth-order valence-corrected chi connectivity index (χ4v) is 3.31. The first kappa shape index (κ1) is 15.7. The first-order valence-corrected chi connectivity index (χ1v) is 7.58. The summed E-state index contributed by atoms with van der Waals surface area (Å²) >= 11 is 0. The van der Waals surface area contributed by atoms with Crippen molar-refractivity contribution in [2.24, 2.45) is 23.7 Å². The van der Waals surface area contributed by atoms with Gasteiger partial charge in [-0.2, -0.15) is 0 Å². The summed E-state index contributed by atoms with van der Waals surface area (Å²) in [6.45, 7) is 10.2. The van der Waals surface area contributed by atoms with Crippen molar-refractivity contribution >= 4 is 11.9 Å². The van der Waals surface area contributed by atoms with Gasteiger partial charge >= 0.3 is 11.9 Å². The number of rotatable bonds is 4. The lowest BCUT2D eigenvalue weighted by molar-refractivity contribution is -0.154. The summed E-state index contributed by atoms with van der Waals surface area (Å²) in [4.78, 5) is 24.1. The Morgan fingerprint density at radius 3 is 2.00 bits per heavy atom. The fourth-order valence-electron chi connectivity index (χ4n) is 3.31. The summed E-state index contributed by atoms with van der Waals surface area (Å²) in [5.41, 5.74) is 0.968. The zero-order valence-corrected chi connectivity index (χ0v) is 13.4. The molecule has 0 aliphatic carbocycles. The maximum absolute atomic E-state index is 12.2. The van der Waals surface area contributed by atoms with Gasteiger partial charge in [0.05, 0.1) is 11.8 Å². The van der Waals surface area contributed by atoms with Crippen LogP contribution in [0.2, 0.25) is 0 Å². The Hall–Kier alpha value is -1.64. The van der Waals surface area contributed by atoms with Crippen molar-refractivity contribution in [3.8, 4) is 0 Å². The number of carbonyl (C=O) groups is 2. The van der Waals surface area contributed by atoms with Crippen LogP contribution in [0.1, 0.15) is 40.2 Å². The highest BCUT2D eigenvalue weighted by atomic mass is 16.6. The summed E-state index contributed by atoms with van der Waals surface area (Å²) in [6, 6.07) is 10.1. The fraction of sp³-hybridized carbons (Fsp3) is 0.556. The van der Waals surface area contributed by atoms with Crippen molar-refractivity contribution in [2.45, 2.75) is 40.0 Å². The molecule has 3 unspecified atom stereocenters. The molecule has 1 aromatic rings. The number of ether oxygens (including phenoxy) is 1. The summed E-state index contributed by atoms with van der Waals surface area (Å²) < 4.78 is 4.92. The zero-order chi connectivity index (χ0) is 15.8. The van der Waals surface area contributed by atoms with E-state index >= 15 is 0 Å². The van der Waals surface area contributed by atoms with Crippen molar-refractivity contribution in [1.29, 1.82) is 0 Å². The van der Waals surface area contributed by atoms with Gasteiger partial charge in [-0.1, -0.05) is 65.0 Å². The highest BCUT2D eigenvalue weighted by Gasteiger charge is 2.51. The molecular weight excluding hydrogens is 264 g/mol. The molecule has 0 amide bonds. The normalized spacial score (nSPS) is 24.3. The molecule has 0 bridgehead atoms. The van der Waals surface area contributed by atoms with E-state index in [0.29, 0.717) is 0 Å². The van der Waals surface area contributed by atoms with E-state index in [1.807, 2.05) is 39.0 Å². The smallest absolute Gasteiger partial charge is 0.317 e. The van der Waals surface area contributed by atoms with Gasteiger partial charge in [-0.15, -0.1) is 0 Å². The molecule has 0 N–H and O–H groups in total. The molecule has 1 heterocycles. The third-order valence-corrected chi connectivity index (χ3v) is 5.05. The van der Waals surface area contributed by atoms with Gasteiger partial charge in [-0.05, 0) is 22.8 Å². The SMILES string of the molecule is CC(C)C1C(=O)OC(=O)C1C(C)C(C)(C)c1ccccc1. The van der Waals surface area contributed by atoms with E-state index in [9.17, 15) is 9.59 Å². The molecule has 2 rings (SSSR count). The standard InChI is InChI=1S/C18H24O3/c1-11(2)14-15(17(20)21-16(14)19)12(3)18(4,5)13-9-7-6-8-10-13/h6-12,14-15H,1-5H3. The maximum atomic E-state index is 12.2. The van der Waals surface area contributed by atoms with Crippen LogP contribution in [-0.2, 0) is 19.7 Å². The van der Waals surface area contributed by atoms with E-state index in [0.717, 1.165) is 0 Å². The topological polar surface area (TPSA) is 43.4 Å². The van der Waals surface area contributed by atoms with Crippen LogP contribution in [0, 0.1) is 23.7 Å². The van der Waals surface area contributed by atoms with Gasteiger partial charge < -0.3 is 4.74 Å². The summed E-state index contributed by atoms with van der Waals surface area (Å²) in [5.74, 6) is -1.32. The molecule has 0 radical (unpaired) electrons. The van der Waals surface area contributed by atoms with Crippen LogP contribution in [0.3, 0.4) is 0 Å². The highest BCUT2D eigenvalue weighted by molar-refractivity contribution is 5.96. The summed E-state index contributed by atoms with van der Waals surface area (Å²) in [6.07, 6.45) is 0. The molecule has 1 aliphatic rings. The Bertz CT molecular complexity index is 531. The van der Waals surface area contributed by atoms with Crippen molar-refractivity contribution in [3.63, 3.8) is 0 Å². The minimum atomic E-state index is -0.368. The molecule has 3 atom stereocenters. The Morgan fingerprint density at radius 2 is 1.48 bits per heavy atom. The molecule has 3 nitrogen and oxygen atoms in total. The van der Waals surface area contributed by atoms with Crippen LogP contribution in [0.5, 0.6) is 0 Å². The molecule has 21 heavy (non-hydrogen) atoms. The molecule has 0 aromatic heterocycles. The number of carbonyl (C=O) groups excluding carboxylic acids is 2. The highest BCUT2D eigenvalue weighted by Crippen LogP contribution is 2.44. The summed E-state index contributed by atoms with van der Waals surface area (Å²) in [5, 5.41) is 0. The molecule has 1 aliphatic heterocycles. The number of esters is 2. The predicted molar refractivity (Wildman–Crippen MR) is 81.5 cm³/mol. The molecule has 114 valence electrons. The van der Waals surface area contributed by atoms with E-state index < -0.39 is 0 Å². The van der Waals surface area contributed by atoms with E-state index in [4.69, 9.17) is 4.74 Å². The second kappa shape index (κ2) is 5.63. The maximum Gasteiger partial charge on any atom is 0.317 e. The molecule has 3 heteroatoms. The van der Waals surface area contributed by atoms with Crippen LogP contribution in [0.25, 0.3) is 0 Å². The second-order valence-electron chi connectivity index (χ2n) is 6.91. The van der Waals surface area contributed by atoms with Crippen LogP contribution in [0.15, 0.2) is 30.3 Å². The van der Waals surface area contributed by atoms with Crippen LogP contribution in [0.4, 0.5) is 0 Å². The van der Waals surface area contributed by atoms with E-state index in [1.54, 1.807) is 0 Å². The van der Waals surface area contributed by atoms with Gasteiger partial charge in [-0.25, -0.2) is 0 Å². The Balaban J connectivity index is 2.35. The van der Waals surface area contributed by atoms with Crippen LogP contribution in [-0.4, -0.2) is 11.9 Å². The Kier molecular flexibility index (Phi) is 4.22. The average Bonchev–Trinajstić information content (AvgIpc) is 2.73. The first-order chi connectivity index (χ1) is 9.76. The lowest BCUT2D eigenvalue weighted by Crippen LogP contribution is -2.38. The molecule has 1 saturated heterocycles. The molecular formula is C18H24O3. The molecule has 1 fully saturated rings. The minimum Gasteiger partial charge on any atom is -0.393 e. The van der Waals surface area contributed by atoms with Crippen LogP contribution < -0.4 is 0 Å². The lowest BCUT2D eigenvalue weighted by Gasteiger charge is -2.37. The minimum absolute atomic E-state index is 0.0197. The van der Waals surface area contributed by atoms with Gasteiger partial charge in [0, 0.05) is 0 Å². The lowest BCUT2D eigenvalue weighted by atomic mass is 9.65. The molecule has 1 aromatic carbocycles. The number of hydrogen-bond donors (Lipinski definition) is 0. The second-order valence-corrected chi connectivity index (χ2v) is 6.91. The van der Waals surface area contributed by atoms with Crippen molar-refractivity contribution in [2.75, 3.05) is 0 Å². The third kappa shape index (κ3) is 2.74. The zero-order valence-electron chi connectivity index (χ0n) is 13.4. The summed E-state index contributed by atoms with van der Waals surface area (Å²) in [7, 11) is 0. The van der Waals surface area contributed by atoms with Crippen molar-refractivity contribution in [3.05, 3.63) is 35.9 Å². The van der Waals surface area contributed by atoms with Gasteiger partial charge in [0.25, 0.3) is 0 Å². The number of benzene rings is 1. The van der Waals surface area contributed by atoms with E-state index in [2.05, 4.69) is 26.0 Å². The van der Waals surface area contributed by atoms with Gasteiger partial charge in [0.15, 0.2) is 0 Å². The largest absolute Gasteiger partial charge is 0.393 e. The quantitative estimate of drug-likeness (QED) is 0.628. The van der Waals surface area contributed by atoms with Gasteiger partial charge in [0.1, 0.15) is 0 Å². The van der Waals surface area contributed by atoms with E-state index in [-0.39, 0.29) is 41.0 Å². The average molecular weight is 288 g/mol. The van der Waals surface area contributed by atoms with Crippen molar-refractivity contribution < 1.29 is 14.3 Å². The van der Waals surface area contributed by atoms with Gasteiger partial charge in [0.2, 0.25) is 0 Å². The van der Waals surface area contributed by atoms with Crippen molar-refractivity contribution in [1.82, 2.24) is 0 Å². The Labute approximate surface area is 126 Å². The van der Waals surface area contributed by atoms with Crippen LogP contribution >= 0.6 is 0 Å². The Morgan fingerprint density at radius 1 is 0.952 bits per heavy atom. The predicted octanol–water partition coefficient (Wildman–Crippen LogP) is 3.57. The first-order valence-electron chi connectivity index (χ1n) is 7.58.